The van der Waals surface area contributed by atoms with E-state index in [1.165, 1.54) is 12.1 Å². The summed E-state index contributed by atoms with van der Waals surface area (Å²) in [6.45, 7) is 3.65. The number of hydrogen-bond acceptors (Lipinski definition) is 5. The number of amides is 1. The van der Waals surface area contributed by atoms with Crippen LogP contribution in [0.25, 0.3) is 0 Å². The zero-order valence-electron chi connectivity index (χ0n) is 17.7. The molecule has 1 amide bonds. The van der Waals surface area contributed by atoms with Gasteiger partial charge in [0.15, 0.2) is 11.5 Å². The number of methoxy groups -OCH3 is 1. The number of benzene rings is 2. The lowest BCUT2D eigenvalue weighted by molar-refractivity contribution is -0.164. The zero-order chi connectivity index (χ0) is 21.8. The van der Waals surface area contributed by atoms with Gasteiger partial charge < -0.3 is 26.0 Å². The lowest BCUT2D eigenvalue weighted by atomic mass is 9.54. The molecular formula is C24H32N2O4. The van der Waals surface area contributed by atoms with Crippen molar-refractivity contribution in [1.29, 1.82) is 0 Å². The molecule has 162 valence electrons. The minimum Gasteiger partial charge on any atom is -0.504 e. The minimum atomic E-state index is -1.22. The number of piperidine rings is 1. The Hall–Kier alpha value is -2.57. The van der Waals surface area contributed by atoms with Crippen molar-refractivity contribution in [3.8, 4) is 11.5 Å². The van der Waals surface area contributed by atoms with E-state index < -0.39 is 16.9 Å². The van der Waals surface area contributed by atoms with E-state index in [9.17, 15) is 15.0 Å². The number of carbonyl (C=O) groups excluding carboxylic acids is 1. The molecule has 2 atom stereocenters. The molecule has 0 aliphatic carbocycles. The van der Waals surface area contributed by atoms with E-state index in [0.717, 1.165) is 37.9 Å². The molecule has 1 aliphatic heterocycles. The summed E-state index contributed by atoms with van der Waals surface area (Å²) in [4.78, 5) is 13.4. The second kappa shape index (κ2) is 9.06. The molecule has 2 aromatic rings. The van der Waals surface area contributed by atoms with Gasteiger partial charge in [-0.1, -0.05) is 49.7 Å². The first-order valence-electron chi connectivity index (χ1n) is 10.6. The second-order valence-electron chi connectivity index (χ2n) is 8.06. The molecule has 3 rings (SSSR count). The first kappa shape index (κ1) is 22.1. The molecule has 1 fully saturated rings. The van der Waals surface area contributed by atoms with Gasteiger partial charge in [0.2, 0.25) is 5.91 Å². The Morgan fingerprint density at radius 2 is 1.77 bits per heavy atom. The Bertz CT molecular complexity index is 867. The van der Waals surface area contributed by atoms with Crippen LogP contribution in [0.4, 0.5) is 0 Å². The van der Waals surface area contributed by atoms with Gasteiger partial charge in [0.25, 0.3) is 0 Å². The molecule has 0 saturated carbocycles. The summed E-state index contributed by atoms with van der Waals surface area (Å²) in [5.41, 5.74) is 5.37. The Kier molecular flexibility index (Phi) is 6.68. The van der Waals surface area contributed by atoms with E-state index >= 15 is 0 Å². The topological polar surface area (TPSA) is 105 Å². The molecule has 6 nitrogen and oxygen atoms in total. The van der Waals surface area contributed by atoms with E-state index in [-0.39, 0.29) is 17.4 Å². The maximum Gasteiger partial charge on any atom is 0.227 e. The number of carbonyl (C=O) groups is 1. The highest BCUT2D eigenvalue weighted by atomic mass is 16.5. The van der Waals surface area contributed by atoms with Crippen LogP contribution >= 0.6 is 0 Å². The van der Waals surface area contributed by atoms with Gasteiger partial charge in [0, 0.05) is 7.11 Å². The van der Waals surface area contributed by atoms with Gasteiger partial charge >= 0.3 is 0 Å². The number of nitrogens with two attached hydrogens (primary N) is 1. The molecule has 1 saturated heterocycles. The summed E-state index contributed by atoms with van der Waals surface area (Å²) < 4.78 is 6.32. The van der Waals surface area contributed by atoms with Gasteiger partial charge in [-0.05, 0) is 61.5 Å². The largest absolute Gasteiger partial charge is 0.504 e. The normalized spacial score (nSPS) is 19.0. The van der Waals surface area contributed by atoms with Crippen LogP contribution < -0.4 is 11.1 Å². The molecular weight excluding hydrogens is 380 g/mol. The van der Waals surface area contributed by atoms with Crippen molar-refractivity contribution in [2.45, 2.75) is 38.2 Å². The predicted molar refractivity (Wildman–Crippen MR) is 116 cm³/mol. The predicted octanol–water partition coefficient (Wildman–Crippen LogP) is 3.26. The van der Waals surface area contributed by atoms with Gasteiger partial charge in [-0.2, -0.15) is 0 Å². The Labute approximate surface area is 178 Å². The standard InChI is InChI=1S/C24H32N2O4/c1-3-13-23(22(25)29,17-11-14-26-15-12-17)24(30-2,18-7-5-4-6-8-18)19-9-10-20(27)21(28)16-19/h4-10,16-17,26-28H,3,11-15H2,1-2H3,(H2,25,29). The minimum absolute atomic E-state index is 0.00713. The molecule has 30 heavy (non-hydrogen) atoms. The second-order valence-corrected chi connectivity index (χ2v) is 8.06. The van der Waals surface area contributed by atoms with Gasteiger partial charge in [0.05, 0.1) is 5.41 Å². The van der Waals surface area contributed by atoms with Gasteiger partial charge in [0.1, 0.15) is 5.60 Å². The number of phenolic OH excluding ortho intramolecular Hbond substituents is 2. The summed E-state index contributed by atoms with van der Waals surface area (Å²) in [7, 11) is 1.59. The third-order valence-electron chi connectivity index (χ3n) is 6.62. The summed E-state index contributed by atoms with van der Waals surface area (Å²) in [5, 5.41) is 23.6. The van der Waals surface area contributed by atoms with E-state index in [1.54, 1.807) is 13.2 Å². The number of primary amides is 1. The molecule has 1 heterocycles. The van der Waals surface area contributed by atoms with Gasteiger partial charge in [-0.25, -0.2) is 0 Å². The summed E-state index contributed by atoms with van der Waals surface area (Å²) >= 11 is 0. The van der Waals surface area contributed by atoms with Crippen LogP contribution in [0.5, 0.6) is 11.5 Å². The highest BCUT2D eigenvalue weighted by Crippen LogP contribution is 2.57. The number of nitrogens with one attached hydrogen (secondary N) is 1. The summed E-state index contributed by atoms with van der Waals surface area (Å²) in [6, 6.07) is 14.2. The Morgan fingerprint density at radius 3 is 2.30 bits per heavy atom. The van der Waals surface area contributed by atoms with E-state index in [1.807, 2.05) is 37.3 Å². The first-order valence-corrected chi connectivity index (χ1v) is 10.6. The molecule has 0 spiro atoms. The Balaban J connectivity index is 2.39. The van der Waals surface area contributed by atoms with Crippen molar-refractivity contribution in [3.63, 3.8) is 0 Å². The van der Waals surface area contributed by atoms with Crippen molar-refractivity contribution in [1.82, 2.24) is 5.32 Å². The van der Waals surface area contributed by atoms with Crippen LogP contribution in [-0.2, 0) is 15.1 Å². The van der Waals surface area contributed by atoms with Crippen LogP contribution in [0.15, 0.2) is 48.5 Å². The quantitative estimate of drug-likeness (QED) is 0.498. The van der Waals surface area contributed by atoms with Crippen LogP contribution in [0, 0.1) is 11.3 Å². The smallest absolute Gasteiger partial charge is 0.227 e. The third kappa shape index (κ3) is 3.44. The molecule has 2 aromatic carbocycles. The SMILES string of the molecule is CCCC(C(N)=O)(C1CCNCC1)C(OC)(c1ccccc1)c1ccc(O)c(O)c1. The molecule has 0 aromatic heterocycles. The maximum absolute atomic E-state index is 13.4. The van der Waals surface area contributed by atoms with Crippen LogP contribution in [0.1, 0.15) is 43.7 Å². The van der Waals surface area contributed by atoms with Crippen molar-refractivity contribution in [2.24, 2.45) is 17.1 Å². The average molecular weight is 413 g/mol. The van der Waals surface area contributed by atoms with Crippen molar-refractivity contribution < 1.29 is 19.7 Å². The summed E-state index contributed by atoms with van der Waals surface area (Å²) in [5.74, 6) is -0.897. The fourth-order valence-corrected chi connectivity index (χ4v) is 5.39. The number of phenols is 2. The number of hydrogen-bond donors (Lipinski definition) is 4. The summed E-state index contributed by atoms with van der Waals surface area (Å²) in [6.07, 6.45) is 2.88. The first-order chi connectivity index (χ1) is 14.4. The van der Waals surface area contributed by atoms with E-state index in [2.05, 4.69) is 5.32 Å². The van der Waals surface area contributed by atoms with Gasteiger partial charge in [-0.3, -0.25) is 4.79 Å². The fraction of sp³-hybridized carbons (Fsp3) is 0.458. The number of aromatic hydroxyl groups is 2. The van der Waals surface area contributed by atoms with Crippen LogP contribution in [0.2, 0.25) is 0 Å². The van der Waals surface area contributed by atoms with E-state index in [0.29, 0.717) is 12.0 Å². The van der Waals surface area contributed by atoms with Crippen molar-refractivity contribution in [2.75, 3.05) is 20.2 Å². The molecule has 1 aliphatic rings. The van der Waals surface area contributed by atoms with Crippen molar-refractivity contribution in [3.05, 3.63) is 59.7 Å². The number of ether oxygens (including phenoxy) is 1. The Morgan fingerprint density at radius 1 is 1.10 bits per heavy atom. The molecule has 0 radical (unpaired) electrons. The molecule has 2 unspecified atom stereocenters. The van der Waals surface area contributed by atoms with Crippen LogP contribution in [0.3, 0.4) is 0 Å². The monoisotopic (exact) mass is 412 g/mol. The highest BCUT2D eigenvalue weighted by molar-refractivity contribution is 5.84. The third-order valence-corrected chi connectivity index (χ3v) is 6.62. The molecule has 6 heteroatoms. The lowest BCUT2D eigenvalue weighted by Crippen LogP contribution is -2.60. The molecule has 0 bridgehead atoms. The maximum atomic E-state index is 13.4. The number of rotatable bonds is 8. The van der Waals surface area contributed by atoms with Gasteiger partial charge in [-0.15, -0.1) is 0 Å². The zero-order valence-corrected chi connectivity index (χ0v) is 17.7. The van der Waals surface area contributed by atoms with Crippen molar-refractivity contribution >= 4 is 5.91 Å². The fourth-order valence-electron chi connectivity index (χ4n) is 5.39. The van der Waals surface area contributed by atoms with Crippen LogP contribution in [-0.4, -0.2) is 36.3 Å². The highest BCUT2D eigenvalue weighted by Gasteiger charge is 2.61. The lowest BCUT2D eigenvalue weighted by Gasteiger charge is -2.53. The average Bonchev–Trinajstić information content (AvgIpc) is 2.77. The molecule has 5 N–H and O–H groups in total. The van der Waals surface area contributed by atoms with E-state index in [4.69, 9.17) is 10.5 Å².